The molecule has 2 heterocycles. The van der Waals surface area contributed by atoms with Crippen LogP contribution in [-0.2, 0) is 29.7 Å². The molecule has 0 bridgehead atoms. The van der Waals surface area contributed by atoms with Crippen molar-refractivity contribution in [3.63, 3.8) is 0 Å². The predicted octanol–water partition coefficient (Wildman–Crippen LogP) is 3.08. The molecule has 2 N–H and O–H groups in total. The first-order chi connectivity index (χ1) is 11.9. The summed E-state index contributed by atoms with van der Waals surface area (Å²) >= 11 is 0. The first-order valence-electron chi connectivity index (χ1n) is 8.70. The third kappa shape index (κ3) is 4.39. The Morgan fingerprint density at radius 3 is 2.76 bits per heavy atom. The molecule has 1 aliphatic rings. The molecule has 0 spiro atoms. The molecule has 3 rings (SSSR count). The number of rotatable bonds is 4. The van der Waals surface area contributed by atoms with Gasteiger partial charge < -0.3 is 15.4 Å². The van der Waals surface area contributed by atoms with Gasteiger partial charge in [-0.05, 0) is 23.1 Å². The number of carbonyl (C=O) groups is 1. The number of anilines is 1. The zero-order valence-electron chi connectivity index (χ0n) is 15.1. The fourth-order valence-corrected chi connectivity index (χ4v) is 2.91. The molecule has 0 fully saturated rings. The van der Waals surface area contributed by atoms with Crippen LogP contribution >= 0.6 is 0 Å². The van der Waals surface area contributed by atoms with Gasteiger partial charge in [0.25, 0.3) is 0 Å². The van der Waals surface area contributed by atoms with E-state index in [1.807, 2.05) is 35.1 Å². The molecule has 6 heteroatoms. The van der Waals surface area contributed by atoms with E-state index in [0.717, 1.165) is 24.3 Å². The average Bonchev–Trinajstić information content (AvgIpc) is 2.98. The van der Waals surface area contributed by atoms with E-state index in [2.05, 4.69) is 36.5 Å². The van der Waals surface area contributed by atoms with Crippen molar-refractivity contribution in [3.8, 4) is 0 Å². The molecule has 1 aromatic heterocycles. The number of urea groups is 1. The van der Waals surface area contributed by atoms with Crippen LogP contribution in [0.2, 0.25) is 0 Å². The Bertz CT molecular complexity index is 729. The summed E-state index contributed by atoms with van der Waals surface area (Å²) in [7, 11) is 0. The topological polar surface area (TPSA) is 68.2 Å². The van der Waals surface area contributed by atoms with E-state index >= 15 is 0 Å². The van der Waals surface area contributed by atoms with Crippen LogP contribution in [0.3, 0.4) is 0 Å². The highest BCUT2D eigenvalue weighted by atomic mass is 16.5. The highest BCUT2D eigenvalue weighted by molar-refractivity contribution is 5.89. The van der Waals surface area contributed by atoms with Crippen molar-refractivity contribution in [1.29, 1.82) is 0 Å². The lowest BCUT2D eigenvalue weighted by Gasteiger charge is -2.19. The number of nitrogens with zero attached hydrogens (tertiary/aromatic N) is 2. The maximum Gasteiger partial charge on any atom is 0.319 e. The molecule has 2 aromatic rings. The summed E-state index contributed by atoms with van der Waals surface area (Å²) in [5.41, 5.74) is 4.50. The van der Waals surface area contributed by atoms with Gasteiger partial charge in [-0.25, -0.2) is 4.79 Å². The molecule has 0 radical (unpaired) electrons. The lowest BCUT2D eigenvalue weighted by atomic mass is 9.87. The van der Waals surface area contributed by atoms with Crippen LogP contribution in [0.15, 0.2) is 30.5 Å². The largest absolute Gasteiger partial charge is 0.376 e. The Morgan fingerprint density at radius 2 is 2.04 bits per heavy atom. The van der Waals surface area contributed by atoms with Gasteiger partial charge in [-0.2, -0.15) is 5.10 Å². The summed E-state index contributed by atoms with van der Waals surface area (Å²) in [6, 6.07) is 7.77. The number of fused-ring (bicyclic) bond motifs is 1. The van der Waals surface area contributed by atoms with Crippen LogP contribution in [0, 0.1) is 0 Å². The van der Waals surface area contributed by atoms with E-state index in [-0.39, 0.29) is 11.4 Å². The van der Waals surface area contributed by atoms with Crippen LogP contribution in [0.4, 0.5) is 10.5 Å². The van der Waals surface area contributed by atoms with E-state index in [1.54, 1.807) is 0 Å². The maximum absolute atomic E-state index is 12.0. The number of hydrogen-bond donors (Lipinski definition) is 2. The molecule has 6 nitrogen and oxygen atoms in total. The van der Waals surface area contributed by atoms with Crippen LogP contribution < -0.4 is 10.6 Å². The molecule has 25 heavy (non-hydrogen) atoms. The number of amides is 2. The Labute approximate surface area is 148 Å². The third-order valence-electron chi connectivity index (χ3n) is 4.39. The normalized spacial score (nSPS) is 14.0. The van der Waals surface area contributed by atoms with Crippen molar-refractivity contribution in [2.24, 2.45) is 0 Å². The van der Waals surface area contributed by atoms with Crippen molar-refractivity contribution in [2.45, 2.75) is 45.8 Å². The lowest BCUT2D eigenvalue weighted by molar-refractivity contribution is 0.109. The van der Waals surface area contributed by atoms with E-state index in [4.69, 9.17) is 4.74 Å². The summed E-state index contributed by atoms with van der Waals surface area (Å²) in [4.78, 5) is 12.0. The molecule has 0 aliphatic carbocycles. The fourth-order valence-electron chi connectivity index (χ4n) is 2.91. The van der Waals surface area contributed by atoms with Gasteiger partial charge in [0.1, 0.15) is 0 Å². The lowest BCUT2D eigenvalue weighted by Crippen LogP contribution is -2.32. The van der Waals surface area contributed by atoms with E-state index < -0.39 is 0 Å². The molecule has 2 amide bonds. The monoisotopic (exact) mass is 342 g/mol. The van der Waals surface area contributed by atoms with Crippen LogP contribution in [0.25, 0.3) is 0 Å². The predicted molar refractivity (Wildman–Crippen MR) is 97.8 cm³/mol. The van der Waals surface area contributed by atoms with E-state index in [1.165, 1.54) is 11.3 Å². The summed E-state index contributed by atoms with van der Waals surface area (Å²) in [5, 5.41) is 10.1. The Balaban J connectivity index is 1.47. The summed E-state index contributed by atoms with van der Waals surface area (Å²) in [5.74, 6) is 0. The standard InChI is InChI=1S/C19H26N4O2/c1-19(2,3)15-4-6-16(7-5-15)22-18(24)20-9-10-23-17-8-11-25-13-14(17)12-21-23/h4-7,12H,8-11,13H2,1-3H3,(H2,20,22,24). The van der Waals surface area contributed by atoms with Crippen molar-refractivity contribution in [1.82, 2.24) is 15.1 Å². The molecule has 0 saturated carbocycles. The average molecular weight is 342 g/mol. The summed E-state index contributed by atoms with van der Waals surface area (Å²) in [6.07, 6.45) is 2.73. The summed E-state index contributed by atoms with van der Waals surface area (Å²) < 4.78 is 7.37. The van der Waals surface area contributed by atoms with Gasteiger partial charge >= 0.3 is 6.03 Å². The second kappa shape index (κ2) is 7.27. The SMILES string of the molecule is CC(C)(C)c1ccc(NC(=O)NCCn2ncc3c2CCOC3)cc1. The van der Waals surface area contributed by atoms with Gasteiger partial charge in [0.2, 0.25) is 0 Å². The van der Waals surface area contributed by atoms with E-state index in [9.17, 15) is 4.79 Å². The molecular formula is C19H26N4O2. The zero-order valence-corrected chi connectivity index (χ0v) is 15.1. The number of ether oxygens (including phenoxy) is 1. The molecule has 0 saturated heterocycles. The van der Waals surface area contributed by atoms with Crippen LogP contribution in [0.1, 0.15) is 37.6 Å². The Hall–Kier alpha value is -2.34. The van der Waals surface area contributed by atoms with Gasteiger partial charge in [-0.15, -0.1) is 0 Å². The van der Waals surface area contributed by atoms with Gasteiger partial charge in [0, 0.05) is 29.9 Å². The summed E-state index contributed by atoms with van der Waals surface area (Å²) in [6.45, 7) is 9.06. The minimum Gasteiger partial charge on any atom is -0.376 e. The van der Waals surface area contributed by atoms with Gasteiger partial charge in [0.15, 0.2) is 0 Å². The minimum atomic E-state index is -0.201. The molecule has 134 valence electrons. The first-order valence-corrected chi connectivity index (χ1v) is 8.70. The van der Waals surface area contributed by atoms with Crippen molar-refractivity contribution in [3.05, 3.63) is 47.3 Å². The van der Waals surface area contributed by atoms with Gasteiger partial charge in [-0.1, -0.05) is 32.9 Å². The molecule has 1 aliphatic heterocycles. The van der Waals surface area contributed by atoms with Crippen molar-refractivity contribution < 1.29 is 9.53 Å². The molecular weight excluding hydrogens is 316 g/mol. The highest BCUT2D eigenvalue weighted by Gasteiger charge is 2.15. The fraction of sp³-hybridized carbons (Fsp3) is 0.474. The second-order valence-corrected chi connectivity index (χ2v) is 7.35. The second-order valence-electron chi connectivity index (χ2n) is 7.35. The molecule has 0 unspecified atom stereocenters. The van der Waals surface area contributed by atoms with Gasteiger partial charge in [-0.3, -0.25) is 4.68 Å². The maximum atomic E-state index is 12.0. The zero-order chi connectivity index (χ0) is 17.9. The quantitative estimate of drug-likeness (QED) is 0.897. The number of carbonyl (C=O) groups excluding carboxylic acids is 1. The molecule has 1 aromatic carbocycles. The smallest absolute Gasteiger partial charge is 0.319 e. The first kappa shape index (κ1) is 17.5. The van der Waals surface area contributed by atoms with Crippen molar-refractivity contribution in [2.75, 3.05) is 18.5 Å². The van der Waals surface area contributed by atoms with Gasteiger partial charge in [0.05, 0.1) is 26.0 Å². The highest BCUT2D eigenvalue weighted by Crippen LogP contribution is 2.23. The van der Waals surface area contributed by atoms with E-state index in [0.29, 0.717) is 19.7 Å². The number of nitrogens with one attached hydrogen (secondary N) is 2. The Kier molecular flexibility index (Phi) is 5.08. The van der Waals surface area contributed by atoms with Crippen LogP contribution in [0.5, 0.6) is 0 Å². The Morgan fingerprint density at radius 1 is 1.28 bits per heavy atom. The number of aromatic nitrogens is 2. The minimum absolute atomic E-state index is 0.106. The van der Waals surface area contributed by atoms with Crippen molar-refractivity contribution >= 4 is 11.7 Å². The third-order valence-corrected chi connectivity index (χ3v) is 4.39. The van der Waals surface area contributed by atoms with Crippen LogP contribution in [-0.4, -0.2) is 29.0 Å². The number of hydrogen-bond acceptors (Lipinski definition) is 3. The number of benzene rings is 1. The molecule has 0 atom stereocenters.